The van der Waals surface area contributed by atoms with Gasteiger partial charge in [0.1, 0.15) is 22.8 Å². The summed E-state index contributed by atoms with van der Waals surface area (Å²) in [5.41, 5.74) is 3.04. The van der Waals surface area contributed by atoms with Crippen LogP contribution in [-0.2, 0) is 27.3 Å². The first-order valence-corrected chi connectivity index (χ1v) is 14.2. The van der Waals surface area contributed by atoms with Crippen LogP contribution in [-0.4, -0.2) is 88.5 Å². The Balaban J connectivity index is 1.62. The first-order chi connectivity index (χ1) is 19.7. The third kappa shape index (κ3) is 4.27. The maximum atomic E-state index is 14.1. The lowest BCUT2D eigenvalue weighted by Crippen LogP contribution is -2.63. The smallest absolute Gasteiger partial charge is 0.255 e. The summed E-state index contributed by atoms with van der Waals surface area (Å²) in [4.78, 5) is 55.7. The minimum atomic E-state index is -2.70. The number of benzene rings is 1. The van der Waals surface area contributed by atoms with E-state index in [-0.39, 0.29) is 48.1 Å². The number of hydrogen-bond acceptors (Lipinski definition) is 10. The molecule has 0 bridgehead atoms. The van der Waals surface area contributed by atoms with Gasteiger partial charge in [-0.25, -0.2) is 0 Å². The quantitative estimate of drug-likeness (QED) is 0.263. The molecule has 2 amide bonds. The summed E-state index contributed by atoms with van der Waals surface area (Å²) < 4.78 is 0. The topological polar surface area (TPSA) is 194 Å². The number of primary amides is 1. The molecule has 4 aliphatic rings. The van der Waals surface area contributed by atoms with E-state index in [1.807, 2.05) is 0 Å². The van der Waals surface area contributed by atoms with Gasteiger partial charge in [0.15, 0.2) is 11.4 Å². The van der Waals surface area contributed by atoms with Gasteiger partial charge in [0.2, 0.25) is 11.7 Å². The fourth-order valence-electron chi connectivity index (χ4n) is 7.40. The summed E-state index contributed by atoms with van der Waals surface area (Å²) >= 11 is 0. The number of ketones is 2. The zero-order chi connectivity index (χ0) is 30.8. The Morgan fingerprint density at radius 2 is 1.74 bits per heavy atom. The number of rotatable bonds is 6. The van der Waals surface area contributed by atoms with E-state index in [0.29, 0.717) is 16.8 Å². The number of aliphatic hydroxyl groups excluding tert-OH is 2. The molecule has 226 valence electrons. The number of nitrogens with zero attached hydrogens (tertiary/aromatic N) is 2. The molecule has 0 unspecified atom stereocenters. The average molecular weight is 583 g/mol. The highest BCUT2D eigenvalue weighted by Gasteiger charge is 2.63. The second-order valence-electron chi connectivity index (χ2n) is 12.3. The van der Waals surface area contributed by atoms with Crippen molar-refractivity contribution >= 4 is 29.1 Å². The third-order valence-corrected chi connectivity index (χ3v) is 9.44. The van der Waals surface area contributed by atoms with E-state index in [9.17, 15) is 39.6 Å². The maximum absolute atomic E-state index is 14.1. The van der Waals surface area contributed by atoms with Crippen LogP contribution in [0.15, 0.2) is 28.7 Å². The fourth-order valence-corrected chi connectivity index (χ4v) is 7.40. The largest absolute Gasteiger partial charge is 0.510 e. The summed E-state index contributed by atoms with van der Waals surface area (Å²) in [6.07, 6.45) is 3.79. The second-order valence-corrected chi connectivity index (χ2v) is 12.3. The molecule has 7 N–H and O–H groups in total. The van der Waals surface area contributed by atoms with E-state index in [1.54, 1.807) is 39.2 Å². The number of nitrogens with two attached hydrogens (primary N) is 1. The van der Waals surface area contributed by atoms with Crippen molar-refractivity contribution in [2.45, 2.75) is 56.7 Å². The molecule has 0 spiro atoms. The van der Waals surface area contributed by atoms with Gasteiger partial charge in [0, 0.05) is 49.3 Å². The molecule has 0 aliphatic heterocycles. The summed E-state index contributed by atoms with van der Waals surface area (Å²) in [6, 6.07) is 0.674. The second kappa shape index (κ2) is 10.4. The lowest BCUT2D eigenvalue weighted by Gasteiger charge is -2.50. The molecule has 1 fully saturated rings. The highest BCUT2D eigenvalue weighted by molar-refractivity contribution is 6.25. The van der Waals surface area contributed by atoms with Crippen LogP contribution in [0, 0.1) is 17.8 Å². The maximum Gasteiger partial charge on any atom is 0.255 e. The van der Waals surface area contributed by atoms with Gasteiger partial charge in [-0.1, -0.05) is 12.8 Å². The first-order valence-electron chi connectivity index (χ1n) is 14.2. The summed E-state index contributed by atoms with van der Waals surface area (Å²) in [5, 5.41) is 48.4. The zero-order valence-corrected chi connectivity index (χ0v) is 24.2. The number of anilines is 1. The minimum absolute atomic E-state index is 0.0125. The molecule has 1 saturated carbocycles. The number of nitrogens with one attached hydrogen (secondary N) is 1. The van der Waals surface area contributed by atoms with Crippen LogP contribution in [0.1, 0.15) is 53.6 Å². The molecule has 12 heteroatoms. The Kier molecular flexibility index (Phi) is 7.34. The van der Waals surface area contributed by atoms with E-state index >= 15 is 0 Å². The molecule has 0 radical (unpaired) electrons. The van der Waals surface area contributed by atoms with Crippen LogP contribution < -0.4 is 16.0 Å². The zero-order valence-electron chi connectivity index (χ0n) is 24.2. The van der Waals surface area contributed by atoms with E-state index in [4.69, 9.17) is 5.73 Å². The lowest BCUT2D eigenvalue weighted by molar-refractivity contribution is -0.148. The van der Waals surface area contributed by atoms with E-state index < -0.39 is 58.0 Å². The molecule has 4 aliphatic carbocycles. The molecule has 0 heterocycles. The van der Waals surface area contributed by atoms with Crippen molar-refractivity contribution in [3.63, 3.8) is 0 Å². The van der Waals surface area contributed by atoms with Crippen LogP contribution in [0.4, 0.5) is 5.69 Å². The molecule has 5 rings (SSSR count). The molecule has 12 nitrogen and oxygen atoms in total. The SMILES string of the molecule is CN(C)c1cc(CNC(=O)C2CCCC2)c(O)c2c1C[C@H]1C[C@H]3[C@@H](N(C)C)C(O)=C(C(N)=O)C(=O)[C@@]3(O)C(O)=C1C2=O. The van der Waals surface area contributed by atoms with E-state index in [1.165, 1.54) is 4.90 Å². The minimum Gasteiger partial charge on any atom is -0.510 e. The van der Waals surface area contributed by atoms with Crippen molar-refractivity contribution in [3.8, 4) is 5.75 Å². The van der Waals surface area contributed by atoms with Crippen molar-refractivity contribution in [1.82, 2.24) is 10.2 Å². The highest BCUT2D eigenvalue weighted by Crippen LogP contribution is 2.53. The van der Waals surface area contributed by atoms with E-state index in [0.717, 1.165) is 25.7 Å². The number of likely N-dealkylation sites (N-methyl/N-ethyl adjacent to an activating group) is 1. The molecule has 0 aromatic heterocycles. The Bertz CT molecular complexity index is 1460. The summed E-state index contributed by atoms with van der Waals surface area (Å²) in [5.74, 6) is -7.14. The number of aromatic hydroxyl groups is 1. The van der Waals surface area contributed by atoms with Crippen molar-refractivity contribution in [3.05, 3.63) is 45.4 Å². The molecule has 4 atom stereocenters. The number of hydrogen-bond donors (Lipinski definition) is 6. The van der Waals surface area contributed by atoms with Gasteiger partial charge in [-0.2, -0.15) is 0 Å². The normalized spacial score (nSPS) is 27.6. The Hall–Kier alpha value is -3.90. The van der Waals surface area contributed by atoms with Gasteiger partial charge in [-0.3, -0.25) is 24.1 Å². The number of phenolic OH excluding ortho intramolecular Hbond substituents is 1. The molecular weight excluding hydrogens is 544 g/mol. The van der Waals surface area contributed by atoms with Gasteiger partial charge in [-0.05, 0) is 57.3 Å². The highest BCUT2D eigenvalue weighted by atomic mass is 16.3. The van der Waals surface area contributed by atoms with E-state index in [2.05, 4.69) is 5.32 Å². The molecule has 42 heavy (non-hydrogen) atoms. The van der Waals surface area contributed by atoms with Gasteiger partial charge in [0.05, 0.1) is 11.6 Å². The van der Waals surface area contributed by atoms with Crippen LogP contribution >= 0.6 is 0 Å². The number of phenols is 1. The molecule has 1 aromatic carbocycles. The predicted molar refractivity (Wildman–Crippen MR) is 152 cm³/mol. The average Bonchev–Trinajstić information content (AvgIpc) is 3.45. The van der Waals surface area contributed by atoms with Gasteiger partial charge in [0.25, 0.3) is 5.91 Å². The number of amides is 2. The number of allylic oxidation sites excluding steroid dienone is 1. The third-order valence-electron chi connectivity index (χ3n) is 9.44. The summed E-state index contributed by atoms with van der Waals surface area (Å²) in [7, 11) is 6.75. The predicted octanol–water partition coefficient (Wildman–Crippen LogP) is 0.993. The van der Waals surface area contributed by atoms with Crippen molar-refractivity contribution in [1.29, 1.82) is 0 Å². The Morgan fingerprint density at radius 3 is 2.31 bits per heavy atom. The molecule has 0 saturated heterocycles. The monoisotopic (exact) mass is 582 g/mol. The number of carbonyl (C=O) groups excluding carboxylic acids is 4. The van der Waals surface area contributed by atoms with Crippen LogP contribution in [0.3, 0.4) is 0 Å². The standard InChI is InChI=1S/C30H38N4O8/c1-33(2)18-11-15(12-32-29(41)13-7-5-6-8-13)23(35)20-16(18)9-14-10-17-22(34(3)4)25(37)21(28(31)40)27(39)30(17,42)26(38)19(14)24(20)36/h11,13-14,17,22,35,37-38,42H,5-10,12H2,1-4H3,(H2,31,40)(H,32,41)/t14-,17-,22+,30-/m0/s1. The van der Waals surface area contributed by atoms with Crippen molar-refractivity contribution < 1.29 is 39.6 Å². The van der Waals surface area contributed by atoms with Gasteiger partial charge < -0.3 is 36.4 Å². The molecular formula is C30H38N4O8. The van der Waals surface area contributed by atoms with Crippen LogP contribution in [0.2, 0.25) is 0 Å². The fraction of sp³-hybridized carbons (Fsp3) is 0.533. The lowest BCUT2D eigenvalue weighted by atomic mass is 9.58. The number of carbonyl (C=O) groups is 4. The summed E-state index contributed by atoms with van der Waals surface area (Å²) in [6.45, 7) is -0.0158. The number of fused-ring (bicyclic) bond motifs is 3. The van der Waals surface area contributed by atoms with Crippen LogP contribution in [0.5, 0.6) is 5.75 Å². The Morgan fingerprint density at radius 1 is 1.10 bits per heavy atom. The van der Waals surface area contributed by atoms with Gasteiger partial charge >= 0.3 is 0 Å². The number of Topliss-reactive ketones (excluding diaryl/α,β-unsaturated/α-hetero) is 2. The molecule has 1 aromatic rings. The van der Waals surface area contributed by atoms with Crippen molar-refractivity contribution in [2.75, 3.05) is 33.1 Å². The van der Waals surface area contributed by atoms with Crippen LogP contribution in [0.25, 0.3) is 0 Å². The van der Waals surface area contributed by atoms with Crippen molar-refractivity contribution in [2.24, 2.45) is 23.5 Å². The van der Waals surface area contributed by atoms with Gasteiger partial charge in [-0.15, -0.1) is 0 Å². The number of aliphatic hydroxyl groups is 3. The Labute approximate surface area is 243 Å². The first kappa shape index (κ1) is 29.6.